The van der Waals surface area contributed by atoms with Gasteiger partial charge in [-0.05, 0) is 30.5 Å². The van der Waals surface area contributed by atoms with Crippen LogP contribution in [0.5, 0.6) is 0 Å². The summed E-state index contributed by atoms with van der Waals surface area (Å²) in [7, 11) is -1.80. The predicted molar refractivity (Wildman–Crippen MR) is 80.2 cm³/mol. The molecule has 2 rings (SSSR count). The fraction of sp³-hybridized carbons (Fsp3) is 0.429. The molecule has 2 aromatic heterocycles. The van der Waals surface area contributed by atoms with Gasteiger partial charge in [0.1, 0.15) is 4.90 Å². The van der Waals surface area contributed by atoms with E-state index in [1.807, 2.05) is 13.8 Å². The van der Waals surface area contributed by atoms with Gasteiger partial charge in [0, 0.05) is 26.0 Å². The Bertz CT molecular complexity index is 708. The quantitative estimate of drug-likeness (QED) is 0.875. The third-order valence-electron chi connectivity index (χ3n) is 3.34. The molecule has 0 spiro atoms. The van der Waals surface area contributed by atoms with E-state index in [0.29, 0.717) is 23.4 Å². The minimum absolute atomic E-state index is 0.242. The molecule has 0 atom stereocenters. The lowest BCUT2D eigenvalue weighted by Crippen LogP contribution is -2.25. The maximum absolute atomic E-state index is 12.6. The molecule has 21 heavy (non-hydrogen) atoms. The van der Waals surface area contributed by atoms with Crippen LogP contribution in [0.25, 0.3) is 0 Å². The molecule has 6 nitrogen and oxygen atoms in total. The lowest BCUT2D eigenvalue weighted by molar-refractivity contribution is 0.578. The van der Waals surface area contributed by atoms with Crippen LogP contribution in [0.15, 0.2) is 29.4 Å². The summed E-state index contributed by atoms with van der Waals surface area (Å²) >= 11 is 0. The zero-order valence-electron chi connectivity index (χ0n) is 12.5. The van der Waals surface area contributed by atoms with Crippen LogP contribution in [-0.4, -0.2) is 23.2 Å². The molecule has 2 heterocycles. The van der Waals surface area contributed by atoms with Crippen LogP contribution in [0, 0.1) is 0 Å². The van der Waals surface area contributed by atoms with E-state index in [-0.39, 0.29) is 6.54 Å². The SMILES string of the molecule is CCc1nn(C)c(CC)c1S(=O)(=O)NCc1ccncc1. The van der Waals surface area contributed by atoms with Crippen molar-refractivity contribution >= 4 is 10.0 Å². The molecule has 0 unspecified atom stereocenters. The molecule has 0 radical (unpaired) electrons. The number of hydrogen-bond acceptors (Lipinski definition) is 4. The van der Waals surface area contributed by atoms with E-state index in [9.17, 15) is 8.42 Å². The van der Waals surface area contributed by atoms with Gasteiger partial charge in [0.25, 0.3) is 0 Å². The topological polar surface area (TPSA) is 76.9 Å². The van der Waals surface area contributed by atoms with E-state index in [1.54, 1.807) is 36.3 Å². The number of nitrogens with zero attached hydrogens (tertiary/aromatic N) is 3. The third kappa shape index (κ3) is 3.30. The van der Waals surface area contributed by atoms with Crippen LogP contribution in [0.3, 0.4) is 0 Å². The minimum atomic E-state index is -3.58. The van der Waals surface area contributed by atoms with Crippen molar-refractivity contribution in [3.63, 3.8) is 0 Å². The lowest BCUT2D eigenvalue weighted by Gasteiger charge is -2.08. The van der Waals surface area contributed by atoms with E-state index in [4.69, 9.17) is 0 Å². The second-order valence-electron chi connectivity index (χ2n) is 4.73. The molecule has 7 heteroatoms. The molecule has 0 bridgehead atoms. The van der Waals surface area contributed by atoms with Gasteiger partial charge in [0.15, 0.2) is 0 Å². The van der Waals surface area contributed by atoms with Crippen molar-refractivity contribution in [2.45, 2.75) is 38.1 Å². The Hall–Kier alpha value is -1.73. The normalized spacial score (nSPS) is 11.8. The van der Waals surface area contributed by atoms with Gasteiger partial charge in [-0.3, -0.25) is 9.67 Å². The monoisotopic (exact) mass is 308 g/mol. The van der Waals surface area contributed by atoms with Gasteiger partial charge in [0.2, 0.25) is 10.0 Å². The summed E-state index contributed by atoms with van der Waals surface area (Å²) in [6.07, 6.45) is 4.49. The summed E-state index contributed by atoms with van der Waals surface area (Å²) in [6.45, 7) is 4.08. The Morgan fingerprint density at radius 3 is 2.43 bits per heavy atom. The van der Waals surface area contributed by atoms with Crippen molar-refractivity contribution in [1.29, 1.82) is 0 Å². The van der Waals surface area contributed by atoms with Gasteiger partial charge < -0.3 is 0 Å². The molecular weight excluding hydrogens is 288 g/mol. The number of nitrogens with one attached hydrogen (secondary N) is 1. The third-order valence-corrected chi connectivity index (χ3v) is 4.87. The summed E-state index contributed by atoms with van der Waals surface area (Å²) in [5.74, 6) is 0. The van der Waals surface area contributed by atoms with Crippen molar-refractivity contribution in [2.75, 3.05) is 0 Å². The Morgan fingerprint density at radius 1 is 1.19 bits per heavy atom. The lowest BCUT2D eigenvalue weighted by atomic mass is 10.2. The van der Waals surface area contributed by atoms with Gasteiger partial charge >= 0.3 is 0 Å². The molecule has 2 aromatic rings. The number of rotatable bonds is 6. The first-order chi connectivity index (χ1) is 9.99. The summed E-state index contributed by atoms with van der Waals surface area (Å²) < 4.78 is 29.5. The highest BCUT2D eigenvalue weighted by atomic mass is 32.2. The molecule has 0 fully saturated rings. The highest BCUT2D eigenvalue weighted by Gasteiger charge is 2.25. The molecule has 0 aliphatic heterocycles. The van der Waals surface area contributed by atoms with Crippen molar-refractivity contribution in [1.82, 2.24) is 19.5 Å². The number of pyridine rings is 1. The van der Waals surface area contributed by atoms with E-state index in [2.05, 4.69) is 14.8 Å². The fourth-order valence-corrected chi connectivity index (χ4v) is 3.87. The van der Waals surface area contributed by atoms with E-state index >= 15 is 0 Å². The molecule has 0 saturated carbocycles. The Kier molecular flexibility index (Phi) is 4.74. The maximum atomic E-state index is 12.6. The minimum Gasteiger partial charge on any atom is -0.271 e. The summed E-state index contributed by atoms with van der Waals surface area (Å²) in [4.78, 5) is 4.24. The molecule has 0 saturated heterocycles. The second-order valence-corrected chi connectivity index (χ2v) is 6.44. The van der Waals surface area contributed by atoms with Gasteiger partial charge in [-0.25, -0.2) is 13.1 Å². The van der Waals surface area contributed by atoms with Crippen molar-refractivity contribution in [3.05, 3.63) is 41.5 Å². The smallest absolute Gasteiger partial charge is 0.244 e. The number of hydrogen-bond donors (Lipinski definition) is 1. The zero-order valence-corrected chi connectivity index (χ0v) is 13.3. The second kappa shape index (κ2) is 6.36. The largest absolute Gasteiger partial charge is 0.271 e. The van der Waals surface area contributed by atoms with Gasteiger partial charge in [0.05, 0.1) is 11.4 Å². The first-order valence-corrected chi connectivity index (χ1v) is 8.41. The van der Waals surface area contributed by atoms with E-state index in [1.165, 1.54) is 0 Å². The maximum Gasteiger partial charge on any atom is 0.244 e. The van der Waals surface area contributed by atoms with Crippen LogP contribution in [0.2, 0.25) is 0 Å². The van der Waals surface area contributed by atoms with E-state index in [0.717, 1.165) is 11.3 Å². The van der Waals surface area contributed by atoms with Crippen molar-refractivity contribution in [3.8, 4) is 0 Å². The number of sulfonamides is 1. The molecule has 0 amide bonds. The van der Waals surface area contributed by atoms with Crippen LogP contribution in [0.1, 0.15) is 30.8 Å². The average molecular weight is 308 g/mol. The van der Waals surface area contributed by atoms with Crippen LogP contribution in [-0.2, 0) is 36.5 Å². The highest BCUT2D eigenvalue weighted by molar-refractivity contribution is 7.89. The molecule has 114 valence electrons. The molecule has 0 aliphatic carbocycles. The Balaban J connectivity index is 2.31. The predicted octanol–water partition coefficient (Wildman–Crippen LogP) is 1.42. The Morgan fingerprint density at radius 2 is 1.86 bits per heavy atom. The van der Waals surface area contributed by atoms with Crippen LogP contribution >= 0.6 is 0 Å². The molecule has 0 aromatic carbocycles. The standard InChI is InChI=1S/C14H20N4O2S/c1-4-12-14(13(5-2)18(3)17-12)21(19,20)16-10-11-6-8-15-9-7-11/h6-9,16H,4-5,10H2,1-3H3. The Labute approximate surface area is 125 Å². The summed E-state index contributed by atoms with van der Waals surface area (Å²) in [6, 6.07) is 3.57. The average Bonchev–Trinajstić information content (AvgIpc) is 2.83. The fourth-order valence-electron chi connectivity index (χ4n) is 2.28. The van der Waals surface area contributed by atoms with E-state index < -0.39 is 10.0 Å². The van der Waals surface area contributed by atoms with Crippen LogP contribution in [0.4, 0.5) is 0 Å². The highest BCUT2D eigenvalue weighted by Crippen LogP contribution is 2.21. The first-order valence-electron chi connectivity index (χ1n) is 6.92. The van der Waals surface area contributed by atoms with Crippen molar-refractivity contribution < 1.29 is 8.42 Å². The molecule has 1 N–H and O–H groups in total. The van der Waals surface area contributed by atoms with Gasteiger partial charge in [-0.2, -0.15) is 5.10 Å². The molecule has 0 aliphatic rings. The van der Waals surface area contributed by atoms with Gasteiger partial charge in [-0.15, -0.1) is 0 Å². The van der Waals surface area contributed by atoms with Crippen LogP contribution < -0.4 is 4.72 Å². The molecular formula is C14H20N4O2S. The van der Waals surface area contributed by atoms with Crippen molar-refractivity contribution in [2.24, 2.45) is 7.05 Å². The zero-order chi connectivity index (χ0) is 15.5. The summed E-state index contributed by atoms with van der Waals surface area (Å²) in [5.41, 5.74) is 2.21. The van der Waals surface area contributed by atoms with Gasteiger partial charge in [-0.1, -0.05) is 13.8 Å². The first kappa shape index (κ1) is 15.7. The summed E-state index contributed by atoms with van der Waals surface area (Å²) in [5, 5.41) is 4.31. The number of aromatic nitrogens is 3. The number of aryl methyl sites for hydroxylation is 2.